The van der Waals surface area contributed by atoms with E-state index in [0.29, 0.717) is 6.42 Å². The smallest absolute Gasteiger partial charge is 0.305 e. The Morgan fingerprint density at radius 3 is 2.64 bits per heavy atom. The Kier molecular flexibility index (Phi) is 5.11. The molecule has 0 amide bonds. The molecule has 0 N–H and O–H groups in total. The highest BCUT2D eigenvalue weighted by atomic mass is 32.2. The fraction of sp³-hybridized carbons (Fsp3) is 0.889. The largest absolute Gasteiger partial charge is 0.469 e. The normalized spacial score (nSPS) is 19.5. The molecule has 0 bridgehead atoms. The van der Waals surface area contributed by atoms with Crippen LogP contribution in [0.1, 0.15) is 12.8 Å². The number of ether oxygens (including phenoxy) is 1. The van der Waals surface area contributed by atoms with E-state index >= 15 is 0 Å². The lowest BCUT2D eigenvalue weighted by Gasteiger charge is -2.25. The van der Waals surface area contributed by atoms with E-state index < -0.39 is 10.8 Å². The molecule has 0 aliphatic carbocycles. The Hall–Kier alpha value is -0.420. The van der Waals surface area contributed by atoms with Gasteiger partial charge in [-0.3, -0.25) is 9.00 Å². The fourth-order valence-electron chi connectivity index (χ4n) is 1.45. The van der Waals surface area contributed by atoms with Crippen molar-refractivity contribution in [2.75, 3.05) is 38.2 Å². The van der Waals surface area contributed by atoms with Gasteiger partial charge in [0.2, 0.25) is 0 Å². The van der Waals surface area contributed by atoms with Gasteiger partial charge in [0.15, 0.2) is 0 Å². The molecule has 0 saturated carbocycles. The molecule has 82 valence electrons. The summed E-state index contributed by atoms with van der Waals surface area (Å²) < 4.78 is 15.6. The van der Waals surface area contributed by atoms with Crippen molar-refractivity contribution in [1.82, 2.24) is 4.90 Å². The lowest BCUT2D eigenvalue weighted by Crippen LogP contribution is -2.38. The van der Waals surface area contributed by atoms with E-state index in [4.69, 9.17) is 0 Å². The lowest BCUT2D eigenvalue weighted by atomic mass is 10.3. The second-order valence-corrected chi connectivity index (χ2v) is 5.07. The van der Waals surface area contributed by atoms with Gasteiger partial charge in [-0.2, -0.15) is 0 Å². The number of carbonyl (C=O) groups excluding carboxylic acids is 1. The maximum absolute atomic E-state index is 11.0. The molecule has 14 heavy (non-hydrogen) atoms. The third-order valence-electron chi connectivity index (χ3n) is 2.35. The van der Waals surface area contributed by atoms with Crippen LogP contribution in [0.2, 0.25) is 0 Å². The average Bonchev–Trinajstić information content (AvgIpc) is 2.21. The summed E-state index contributed by atoms with van der Waals surface area (Å²) in [5, 5.41) is 0. The third kappa shape index (κ3) is 4.19. The van der Waals surface area contributed by atoms with Crippen LogP contribution in [-0.4, -0.2) is 53.3 Å². The minimum Gasteiger partial charge on any atom is -0.469 e. The molecule has 1 aliphatic heterocycles. The molecule has 0 radical (unpaired) electrons. The van der Waals surface area contributed by atoms with E-state index in [9.17, 15) is 9.00 Å². The first kappa shape index (κ1) is 11.7. The van der Waals surface area contributed by atoms with Crippen LogP contribution in [0.4, 0.5) is 0 Å². The molecule has 0 aromatic rings. The minimum absolute atomic E-state index is 0.148. The van der Waals surface area contributed by atoms with Crippen molar-refractivity contribution in [3.8, 4) is 0 Å². The maximum Gasteiger partial charge on any atom is 0.305 e. The van der Waals surface area contributed by atoms with Crippen LogP contribution < -0.4 is 0 Å². The van der Waals surface area contributed by atoms with Gasteiger partial charge in [0.1, 0.15) is 0 Å². The Labute approximate surface area is 87.1 Å². The van der Waals surface area contributed by atoms with E-state index in [-0.39, 0.29) is 5.97 Å². The first-order valence-corrected chi connectivity index (χ1v) is 6.35. The first-order valence-electron chi connectivity index (χ1n) is 4.86. The highest BCUT2D eigenvalue weighted by Crippen LogP contribution is 2.02. The molecule has 5 heteroatoms. The van der Waals surface area contributed by atoms with Gasteiger partial charge in [-0.05, 0) is 13.0 Å². The van der Waals surface area contributed by atoms with Crippen molar-refractivity contribution in [3.63, 3.8) is 0 Å². The van der Waals surface area contributed by atoms with Gasteiger partial charge in [0.05, 0.1) is 7.11 Å². The van der Waals surface area contributed by atoms with E-state index in [1.165, 1.54) is 7.11 Å². The third-order valence-corrected chi connectivity index (χ3v) is 3.63. The van der Waals surface area contributed by atoms with Crippen molar-refractivity contribution in [3.05, 3.63) is 0 Å². The van der Waals surface area contributed by atoms with E-state index in [0.717, 1.165) is 37.6 Å². The Balaban J connectivity index is 2.07. The quantitative estimate of drug-likeness (QED) is 0.625. The van der Waals surface area contributed by atoms with Crippen LogP contribution in [-0.2, 0) is 20.3 Å². The van der Waals surface area contributed by atoms with Crippen molar-refractivity contribution in [2.45, 2.75) is 12.8 Å². The summed E-state index contributed by atoms with van der Waals surface area (Å²) in [7, 11) is 0.799. The van der Waals surface area contributed by atoms with E-state index in [1.54, 1.807) is 0 Å². The Morgan fingerprint density at radius 1 is 1.43 bits per heavy atom. The van der Waals surface area contributed by atoms with E-state index in [1.807, 2.05) is 0 Å². The number of methoxy groups -OCH3 is 1. The average molecular weight is 219 g/mol. The van der Waals surface area contributed by atoms with Crippen molar-refractivity contribution in [1.29, 1.82) is 0 Å². The fourth-order valence-corrected chi connectivity index (χ4v) is 2.58. The molecule has 0 aromatic carbocycles. The summed E-state index contributed by atoms with van der Waals surface area (Å²) >= 11 is 0. The van der Waals surface area contributed by atoms with Crippen LogP contribution in [0.5, 0.6) is 0 Å². The van der Waals surface area contributed by atoms with Crippen LogP contribution >= 0.6 is 0 Å². The SMILES string of the molecule is COC(=O)CCCN1CCS(=O)CC1. The van der Waals surface area contributed by atoms with Gasteiger partial charge in [-0.25, -0.2) is 0 Å². The number of hydrogen-bond acceptors (Lipinski definition) is 4. The summed E-state index contributed by atoms with van der Waals surface area (Å²) in [4.78, 5) is 13.1. The Bertz CT molecular complexity index is 210. The number of nitrogens with zero attached hydrogens (tertiary/aromatic N) is 1. The zero-order valence-corrected chi connectivity index (χ0v) is 9.35. The van der Waals surface area contributed by atoms with Gasteiger partial charge >= 0.3 is 5.97 Å². The molecule has 0 unspecified atom stereocenters. The molecule has 0 atom stereocenters. The molecule has 0 spiro atoms. The number of rotatable bonds is 4. The van der Waals surface area contributed by atoms with Gasteiger partial charge in [0.25, 0.3) is 0 Å². The summed E-state index contributed by atoms with van der Waals surface area (Å²) in [6.07, 6.45) is 1.31. The summed E-state index contributed by atoms with van der Waals surface area (Å²) in [5.74, 6) is 1.40. The molecular weight excluding hydrogens is 202 g/mol. The number of esters is 1. The van der Waals surface area contributed by atoms with E-state index in [2.05, 4.69) is 9.64 Å². The zero-order chi connectivity index (χ0) is 10.4. The highest BCUT2D eigenvalue weighted by molar-refractivity contribution is 7.85. The predicted molar refractivity (Wildman–Crippen MR) is 55.6 cm³/mol. The van der Waals surface area contributed by atoms with Gasteiger partial charge in [-0.1, -0.05) is 0 Å². The molecule has 1 fully saturated rings. The summed E-state index contributed by atoms with van der Waals surface area (Å²) in [6, 6.07) is 0. The standard InChI is InChI=1S/C9H17NO3S/c1-13-9(11)3-2-4-10-5-7-14(12)8-6-10/h2-8H2,1H3. The molecule has 0 aromatic heterocycles. The van der Waals surface area contributed by atoms with Gasteiger partial charge < -0.3 is 9.64 Å². The topological polar surface area (TPSA) is 46.6 Å². The lowest BCUT2D eigenvalue weighted by molar-refractivity contribution is -0.140. The van der Waals surface area contributed by atoms with Gasteiger partial charge in [0, 0.05) is 41.8 Å². The monoisotopic (exact) mass is 219 g/mol. The summed E-state index contributed by atoms with van der Waals surface area (Å²) in [6.45, 7) is 2.70. The van der Waals surface area contributed by atoms with Crippen LogP contribution in [0.3, 0.4) is 0 Å². The van der Waals surface area contributed by atoms with Crippen LogP contribution in [0.15, 0.2) is 0 Å². The van der Waals surface area contributed by atoms with Crippen molar-refractivity contribution in [2.24, 2.45) is 0 Å². The molecule has 1 heterocycles. The highest BCUT2D eigenvalue weighted by Gasteiger charge is 2.14. The number of carbonyl (C=O) groups is 1. The molecular formula is C9H17NO3S. The number of hydrogen-bond donors (Lipinski definition) is 0. The molecule has 4 nitrogen and oxygen atoms in total. The van der Waals surface area contributed by atoms with Crippen molar-refractivity contribution >= 4 is 16.8 Å². The molecule has 1 rings (SSSR count). The predicted octanol–water partition coefficient (Wildman–Crippen LogP) is 0.00390. The molecule has 1 saturated heterocycles. The minimum atomic E-state index is -0.610. The van der Waals surface area contributed by atoms with Crippen molar-refractivity contribution < 1.29 is 13.7 Å². The van der Waals surface area contributed by atoms with Gasteiger partial charge in [-0.15, -0.1) is 0 Å². The summed E-state index contributed by atoms with van der Waals surface area (Å²) in [5.41, 5.74) is 0. The molecule has 1 aliphatic rings. The van der Waals surface area contributed by atoms with Crippen LogP contribution in [0.25, 0.3) is 0 Å². The van der Waals surface area contributed by atoms with Crippen LogP contribution in [0, 0.1) is 0 Å². The Morgan fingerprint density at radius 2 is 2.07 bits per heavy atom. The first-order chi connectivity index (χ1) is 6.72. The second kappa shape index (κ2) is 6.14. The maximum atomic E-state index is 11.0. The zero-order valence-electron chi connectivity index (χ0n) is 8.53. The second-order valence-electron chi connectivity index (χ2n) is 3.37.